The highest BCUT2D eigenvalue weighted by atomic mass is 32.1. The molecule has 0 saturated heterocycles. The number of carbonyl (C=O) groups is 1. The first-order chi connectivity index (χ1) is 12.2. The van der Waals surface area contributed by atoms with Crippen LogP contribution in [0, 0.1) is 5.82 Å². The predicted octanol–water partition coefficient (Wildman–Crippen LogP) is 4.45. The fourth-order valence-corrected chi connectivity index (χ4v) is 3.15. The van der Waals surface area contributed by atoms with E-state index in [-0.39, 0.29) is 24.1 Å². The molecule has 4 nitrogen and oxygen atoms in total. The summed E-state index contributed by atoms with van der Waals surface area (Å²) in [4.78, 5) is 16.5. The van der Waals surface area contributed by atoms with E-state index in [1.807, 2.05) is 24.3 Å². The summed E-state index contributed by atoms with van der Waals surface area (Å²) in [6, 6.07) is 13.8. The lowest BCUT2D eigenvalue weighted by atomic mass is 9.88. The molecule has 0 saturated carbocycles. The van der Waals surface area contributed by atoms with E-state index >= 15 is 0 Å². The van der Waals surface area contributed by atoms with Gasteiger partial charge in [-0.05, 0) is 35.4 Å². The lowest BCUT2D eigenvalue weighted by molar-refractivity contribution is -0.116. The highest BCUT2D eigenvalue weighted by molar-refractivity contribution is 7.13. The molecule has 1 N–H and O–H groups in total. The van der Waals surface area contributed by atoms with Crippen molar-refractivity contribution in [1.82, 2.24) is 4.98 Å². The number of amides is 1. The highest BCUT2D eigenvalue weighted by Gasteiger charge is 2.19. The van der Waals surface area contributed by atoms with Crippen molar-refractivity contribution in [3.63, 3.8) is 0 Å². The van der Waals surface area contributed by atoms with Crippen LogP contribution >= 0.6 is 11.3 Å². The summed E-state index contributed by atoms with van der Waals surface area (Å²) < 4.78 is 18.4. The first-order valence-corrected chi connectivity index (χ1v) is 8.62. The molecule has 0 radical (unpaired) electrons. The molecule has 0 aliphatic rings. The Morgan fingerprint density at radius 1 is 1.16 bits per heavy atom. The van der Waals surface area contributed by atoms with Gasteiger partial charge in [0.25, 0.3) is 0 Å². The van der Waals surface area contributed by atoms with E-state index in [0.29, 0.717) is 5.13 Å². The van der Waals surface area contributed by atoms with Crippen molar-refractivity contribution in [3.05, 3.63) is 77.1 Å². The second-order valence-electron chi connectivity index (χ2n) is 5.47. The molecule has 0 unspecified atom stereocenters. The molecule has 6 heteroatoms. The van der Waals surface area contributed by atoms with Crippen molar-refractivity contribution < 1.29 is 13.9 Å². The van der Waals surface area contributed by atoms with Gasteiger partial charge in [0, 0.05) is 23.9 Å². The van der Waals surface area contributed by atoms with E-state index in [4.69, 9.17) is 4.74 Å². The monoisotopic (exact) mass is 356 g/mol. The van der Waals surface area contributed by atoms with Gasteiger partial charge in [-0.3, -0.25) is 4.79 Å². The molecule has 1 atom stereocenters. The molecule has 3 aromatic rings. The number of aromatic nitrogens is 1. The zero-order valence-electron chi connectivity index (χ0n) is 13.6. The van der Waals surface area contributed by atoms with E-state index < -0.39 is 0 Å². The van der Waals surface area contributed by atoms with E-state index in [2.05, 4.69) is 10.3 Å². The van der Waals surface area contributed by atoms with Gasteiger partial charge in [-0.25, -0.2) is 9.37 Å². The number of carbonyl (C=O) groups excluding carboxylic acids is 1. The van der Waals surface area contributed by atoms with E-state index in [1.54, 1.807) is 30.8 Å². The Balaban J connectivity index is 1.85. The number of hydrogen-bond donors (Lipinski definition) is 1. The molecule has 128 valence electrons. The van der Waals surface area contributed by atoms with E-state index in [1.165, 1.54) is 23.5 Å². The number of anilines is 1. The molecule has 1 aromatic heterocycles. The molecule has 0 bridgehead atoms. The molecule has 1 heterocycles. The Bertz CT molecular complexity index is 818. The number of halogens is 1. The van der Waals surface area contributed by atoms with Crippen molar-refractivity contribution in [2.45, 2.75) is 12.3 Å². The van der Waals surface area contributed by atoms with Gasteiger partial charge in [-0.1, -0.05) is 24.3 Å². The Morgan fingerprint density at radius 3 is 2.36 bits per heavy atom. The van der Waals surface area contributed by atoms with Crippen LogP contribution in [0.4, 0.5) is 9.52 Å². The maximum atomic E-state index is 13.3. The van der Waals surface area contributed by atoms with Crippen LogP contribution < -0.4 is 10.1 Å². The molecule has 0 spiro atoms. The molecule has 0 fully saturated rings. The number of nitrogens with zero attached hydrogens (tertiary/aromatic N) is 1. The molecule has 2 aromatic carbocycles. The topological polar surface area (TPSA) is 51.2 Å². The summed E-state index contributed by atoms with van der Waals surface area (Å²) in [7, 11) is 1.61. The Labute approximate surface area is 149 Å². The maximum absolute atomic E-state index is 13.3. The largest absolute Gasteiger partial charge is 0.497 e. The SMILES string of the molecule is COc1ccc([C@H](CC(=O)Nc2nccs2)c2ccc(F)cc2)cc1. The van der Waals surface area contributed by atoms with Crippen LogP contribution in [0.5, 0.6) is 5.75 Å². The number of rotatable bonds is 6. The minimum Gasteiger partial charge on any atom is -0.497 e. The lowest BCUT2D eigenvalue weighted by Gasteiger charge is -2.18. The quantitative estimate of drug-likeness (QED) is 0.710. The Hall–Kier alpha value is -2.73. The van der Waals surface area contributed by atoms with Crippen LogP contribution in [0.25, 0.3) is 0 Å². The van der Waals surface area contributed by atoms with Gasteiger partial charge in [0.2, 0.25) is 5.91 Å². The van der Waals surface area contributed by atoms with Crippen molar-refractivity contribution in [1.29, 1.82) is 0 Å². The minimum absolute atomic E-state index is 0.139. The lowest BCUT2D eigenvalue weighted by Crippen LogP contribution is -2.16. The normalized spacial score (nSPS) is 11.8. The first kappa shape index (κ1) is 17.1. The van der Waals surface area contributed by atoms with Gasteiger partial charge in [-0.2, -0.15) is 0 Å². The van der Waals surface area contributed by atoms with E-state index in [0.717, 1.165) is 16.9 Å². The average molecular weight is 356 g/mol. The average Bonchev–Trinajstić information content (AvgIpc) is 3.14. The molecule has 3 rings (SSSR count). The fourth-order valence-electron chi connectivity index (χ4n) is 2.60. The molecule has 0 aliphatic heterocycles. The second kappa shape index (κ2) is 7.90. The first-order valence-electron chi connectivity index (χ1n) is 7.74. The highest BCUT2D eigenvalue weighted by Crippen LogP contribution is 2.30. The van der Waals surface area contributed by atoms with Crippen molar-refractivity contribution in [2.75, 3.05) is 12.4 Å². The third-order valence-electron chi connectivity index (χ3n) is 3.86. The van der Waals surface area contributed by atoms with Gasteiger partial charge >= 0.3 is 0 Å². The summed E-state index contributed by atoms with van der Waals surface area (Å²) in [5.74, 6) is 0.116. The summed E-state index contributed by atoms with van der Waals surface area (Å²) in [6.45, 7) is 0. The molecular weight excluding hydrogens is 339 g/mol. The van der Waals surface area contributed by atoms with Gasteiger partial charge in [0.05, 0.1) is 7.11 Å². The third-order valence-corrected chi connectivity index (χ3v) is 4.55. The standard InChI is InChI=1S/C19H17FN2O2S/c1-24-16-8-4-14(5-9-16)17(13-2-6-15(20)7-3-13)12-18(23)22-19-21-10-11-25-19/h2-11,17H,12H2,1H3,(H,21,22,23)/t17-/m1/s1. The molecule has 0 aliphatic carbocycles. The van der Waals surface area contributed by atoms with Crippen LogP contribution in [-0.2, 0) is 4.79 Å². The zero-order valence-corrected chi connectivity index (χ0v) is 14.4. The summed E-state index contributed by atoms with van der Waals surface area (Å²) in [6.07, 6.45) is 1.87. The van der Waals surface area contributed by atoms with Crippen LogP contribution in [-0.4, -0.2) is 18.0 Å². The minimum atomic E-state index is -0.301. The maximum Gasteiger partial charge on any atom is 0.227 e. The van der Waals surface area contributed by atoms with Gasteiger partial charge in [0.1, 0.15) is 11.6 Å². The van der Waals surface area contributed by atoms with Crippen LogP contribution in [0.1, 0.15) is 23.5 Å². The van der Waals surface area contributed by atoms with Crippen LogP contribution in [0.3, 0.4) is 0 Å². The van der Waals surface area contributed by atoms with Gasteiger partial charge in [-0.15, -0.1) is 11.3 Å². The van der Waals surface area contributed by atoms with Crippen molar-refractivity contribution in [2.24, 2.45) is 0 Å². The van der Waals surface area contributed by atoms with Crippen molar-refractivity contribution in [3.8, 4) is 5.75 Å². The molecule has 25 heavy (non-hydrogen) atoms. The number of ether oxygens (including phenoxy) is 1. The number of thiazole rings is 1. The molecular formula is C19H17FN2O2S. The van der Waals surface area contributed by atoms with Gasteiger partial charge in [0.15, 0.2) is 5.13 Å². The van der Waals surface area contributed by atoms with Crippen LogP contribution in [0.15, 0.2) is 60.1 Å². The number of methoxy groups -OCH3 is 1. The van der Waals surface area contributed by atoms with E-state index in [9.17, 15) is 9.18 Å². The summed E-state index contributed by atoms with van der Waals surface area (Å²) >= 11 is 1.37. The third kappa shape index (κ3) is 4.42. The second-order valence-corrected chi connectivity index (χ2v) is 6.36. The number of nitrogens with one attached hydrogen (secondary N) is 1. The smallest absolute Gasteiger partial charge is 0.227 e. The van der Waals surface area contributed by atoms with Gasteiger partial charge < -0.3 is 10.1 Å². The molecule has 1 amide bonds. The Kier molecular flexibility index (Phi) is 5.40. The summed E-state index contributed by atoms with van der Waals surface area (Å²) in [5, 5.41) is 5.16. The zero-order chi connectivity index (χ0) is 17.6. The fraction of sp³-hybridized carbons (Fsp3) is 0.158. The predicted molar refractivity (Wildman–Crippen MR) is 96.6 cm³/mol. The Morgan fingerprint density at radius 2 is 1.80 bits per heavy atom. The summed E-state index contributed by atoms with van der Waals surface area (Å²) in [5.41, 5.74) is 1.84. The van der Waals surface area contributed by atoms with Crippen LogP contribution in [0.2, 0.25) is 0 Å². The number of hydrogen-bond acceptors (Lipinski definition) is 4. The van der Waals surface area contributed by atoms with Crippen molar-refractivity contribution >= 4 is 22.4 Å². The number of benzene rings is 2.